The van der Waals surface area contributed by atoms with E-state index >= 15 is 0 Å². The van der Waals surface area contributed by atoms with E-state index in [-0.39, 0.29) is 12.5 Å². The Morgan fingerprint density at radius 2 is 1.84 bits per heavy atom. The molecular weight excluding hydrogens is 417 g/mol. The summed E-state index contributed by atoms with van der Waals surface area (Å²) in [5, 5.41) is 0. The second-order valence-electron chi connectivity index (χ2n) is 8.32. The number of carbonyl (C=O) groups excluding carboxylic acids is 1. The number of carbonyl (C=O) groups is 1. The molecule has 176 valence electrons. The maximum absolute atomic E-state index is 12.4. The van der Waals surface area contributed by atoms with E-state index in [2.05, 4.69) is 6.92 Å². The van der Waals surface area contributed by atoms with Crippen molar-refractivity contribution in [3.8, 4) is 5.75 Å². The van der Waals surface area contributed by atoms with Gasteiger partial charge in [0.1, 0.15) is 5.75 Å². The third-order valence-electron chi connectivity index (χ3n) is 5.58. The topological polar surface area (TPSA) is 96.3 Å². The number of benzene rings is 1. The van der Waals surface area contributed by atoms with E-state index in [9.17, 15) is 9.36 Å². The first-order valence-corrected chi connectivity index (χ1v) is 13.1. The third-order valence-corrected chi connectivity index (χ3v) is 6.15. The highest BCUT2D eigenvalue weighted by molar-refractivity contribution is 7.46. The number of hydrogen-bond acceptors (Lipinski definition) is 4. The largest absolute Gasteiger partial charge is 0.494 e. The molecule has 31 heavy (non-hydrogen) atoms. The molecule has 1 aromatic carbocycles. The Kier molecular flexibility index (Phi) is 11.6. The second-order valence-corrected chi connectivity index (χ2v) is 9.51. The Bertz CT molecular complexity index is 707. The lowest BCUT2D eigenvalue weighted by atomic mass is 10.1. The molecule has 0 aromatic heterocycles. The first kappa shape index (κ1) is 25.9. The van der Waals surface area contributed by atoms with E-state index in [0.717, 1.165) is 17.7 Å². The van der Waals surface area contributed by atoms with Crippen LogP contribution in [0.15, 0.2) is 24.3 Å². The van der Waals surface area contributed by atoms with Crippen molar-refractivity contribution >= 4 is 13.7 Å². The highest BCUT2D eigenvalue weighted by Gasteiger charge is 2.31. The van der Waals surface area contributed by atoms with Gasteiger partial charge in [-0.2, -0.15) is 0 Å². The van der Waals surface area contributed by atoms with Gasteiger partial charge < -0.3 is 19.4 Å². The zero-order valence-electron chi connectivity index (χ0n) is 18.7. The molecular formula is C23H38NO6P. The van der Waals surface area contributed by atoms with Crippen LogP contribution in [-0.2, 0) is 20.3 Å². The lowest BCUT2D eigenvalue weighted by Crippen LogP contribution is -2.30. The minimum atomic E-state index is -4.51. The third kappa shape index (κ3) is 11.2. The van der Waals surface area contributed by atoms with Gasteiger partial charge in [-0.05, 0) is 37.0 Å². The lowest BCUT2D eigenvalue weighted by Gasteiger charge is -2.17. The van der Waals surface area contributed by atoms with Crippen molar-refractivity contribution in [3.05, 3.63) is 29.8 Å². The van der Waals surface area contributed by atoms with Gasteiger partial charge in [0.25, 0.3) is 0 Å². The summed E-state index contributed by atoms with van der Waals surface area (Å²) in [5.41, 5.74) is 1.05. The van der Waals surface area contributed by atoms with Crippen molar-refractivity contribution in [1.82, 2.24) is 4.90 Å². The van der Waals surface area contributed by atoms with Crippen LogP contribution < -0.4 is 4.74 Å². The number of phosphoric ester groups is 1. The summed E-state index contributed by atoms with van der Waals surface area (Å²) >= 11 is 0. The van der Waals surface area contributed by atoms with Gasteiger partial charge in [-0.3, -0.25) is 9.32 Å². The van der Waals surface area contributed by atoms with E-state index in [0.29, 0.717) is 32.4 Å². The molecule has 7 nitrogen and oxygen atoms in total. The maximum Gasteiger partial charge on any atom is 0.469 e. The Morgan fingerprint density at radius 1 is 1.13 bits per heavy atom. The highest BCUT2D eigenvalue weighted by atomic mass is 31.2. The predicted molar refractivity (Wildman–Crippen MR) is 121 cm³/mol. The minimum Gasteiger partial charge on any atom is -0.494 e. The van der Waals surface area contributed by atoms with Gasteiger partial charge in [0.05, 0.1) is 12.7 Å². The number of nitrogens with zero attached hydrogens (tertiary/aromatic N) is 1. The Balaban J connectivity index is 1.62. The molecule has 0 saturated carbocycles. The molecule has 1 aromatic rings. The van der Waals surface area contributed by atoms with E-state index in [1.807, 2.05) is 24.3 Å². The van der Waals surface area contributed by atoms with Crippen LogP contribution in [0.4, 0.5) is 0 Å². The van der Waals surface area contributed by atoms with Crippen molar-refractivity contribution in [3.63, 3.8) is 0 Å². The Hall–Kier alpha value is -1.40. The second kappa shape index (κ2) is 13.9. The van der Waals surface area contributed by atoms with Crippen LogP contribution in [0.5, 0.6) is 5.75 Å². The summed E-state index contributed by atoms with van der Waals surface area (Å²) in [6.07, 6.45) is 11.0. The SMILES string of the molecule is CCCCCCCCCCOc1cccc(CCC(=O)N2CCC(OP(=O)(O)O)C2)c1. The molecule has 0 aliphatic carbocycles. The molecule has 0 spiro atoms. The molecule has 2 rings (SSSR count). The Morgan fingerprint density at radius 3 is 2.55 bits per heavy atom. The molecule has 1 atom stereocenters. The van der Waals surface area contributed by atoms with Crippen LogP contribution in [-0.4, -0.2) is 46.4 Å². The molecule has 1 amide bonds. The highest BCUT2D eigenvalue weighted by Crippen LogP contribution is 2.39. The number of rotatable bonds is 15. The minimum absolute atomic E-state index is 0.0259. The van der Waals surface area contributed by atoms with Crippen molar-refractivity contribution in [2.24, 2.45) is 0 Å². The summed E-state index contributed by atoms with van der Waals surface area (Å²) < 4.78 is 21.5. The van der Waals surface area contributed by atoms with Gasteiger partial charge in [-0.25, -0.2) is 4.57 Å². The summed E-state index contributed by atoms with van der Waals surface area (Å²) in [6.45, 7) is 3.64. The normalized spacial score (nSPS) is 16.6. The van der Waals surface area contributed by atoms with Crippen LogP contribution in [0, 0.1) is 0 Å². The molecule has 1 aliphatic heterocycles. The maximum atomic E-state index is 12.4. The van der Waals surface area contributed by atoms with E-state index in [1.54, 1.807) is 4.90 Å². The smallest absolute Gasteiger partial charge is 0.469 e. The fourth-order valence-electron chi connectivity index (χ4n) is 3.86. The molecule has 2 N–H and O–H groups in total. The fourth-order valence-corrected chi connectivity index (χ4v) is 4.42. The molecule has 1 unspecified atom stereocenters. The van der Waals surface area contributed by atoms with E-state index < -0.39 is 13.9 Å². The van der Waals surface area contributed by atoms with E-state index in [1.165, 1.54) is 44.9 Å². The van der Waals surface area contributed by atoms with E-state index in [4.69, 9.17) is 19.0 Å². The zero-order valence-corrected chi connectivity index (χ0v) is 19.6. The van der Waals surface area contributed by atoms with Crippen LogP contribution in [0.2, 0.25) is 0 Å². The standard InChI is InChI=1S/C23H38NO6P/c1-2-3-4-5-6-7-8-9-17-29-21-12-10-11-20(18-21)13-14-23(25)24-16-15-22(19-24)30-31(26,27)28/h10-12,18,22H,2-9,13-17,19H2,1H3,(H2,26,27,28). The molecule has 1 heterocycles. The van der Waals surface area contributed by atoms with Gasteiger partial charge in [0.2, 0.25) is 5.91 Å². The molecule has 0 bridgehead atoms. The van der Waals surface area contributed by atoms with Gasteiger partial charge in [-0.15, -0.1) is 0 Å². The number of phosphoric acid groups is 1. The Labute approximate surface area is 186 Å². The summed E-state index contributed by atoms with van der Waals surface area (Å²) in [6, 6.07) is 7.87. The molecule has 1 fully saturated rings. The summed E-state index contributed by atoms with van der Waals surface area (Å²) in [5.74, 6) is 0.811. The fraction of sp³-hybridized carbons (Fsp3) is 0.696. The van der Waals surface area contributed by atoms with Crippen LogP contribution >= 0.6 is 7.82 Å². The molecule has 0 radical (unpaired) electrons. The average Bonchev–Trinajstić information content (AvgIpc) is 3.18. The lowest BCUT2D eigenvalue weighted by molar-refractivity contribution is -0.130. The molecule has 1 saturated heterocycles. The average molecular weight is 456 g/mol. The predicted octanol–water partition coefficient (Wildman–Crippen LogP) is 4.85. The first-order valence-electron chi connectivity index (χ1n) is 11.6. The number of amides is 1. The molecule has 8 heteroatoms. The van der Waals surface area contributed by atoms with Gasteiger partial charge >= 0.3 is 7.82 Å². The number of unbranched alkanes of at least 4 members (excludes halogenated alkanes) is 7. The van der Waals surface area contributed by atoms with Crippen molar-refractivity contribution in [2.45, 2.75) is 83.7 Å². The first-order chi connectivity index (χ1) is 14.9. The van der Waals surface area contributed by atoms with Crippen molar-refractivity contribution < 1.29 is 28.4 Å². The number of ether oxygens (including phenoxy) is 1. The van der Waals surface area contributed by atoms with Crippen LogP contribution in [0.25, 0.3) is 0 Å². The molecule has 1 aliphatic rings. The van der Waals surface area contributed by atoms with Crippen molar-refractivity contribution in [1.29, 1.82) is 0 Å². The number of likely N-dealkylation sites (tertiary alicyclic amines) is 1. The number of aryl methyl sites for hydroxylation is 1. The van der Waals surface area contributed by atoms with Gasteiger partial charge in [0.15, 0.2) is 0 Å². The van der Waals surface area contributed by atoms with Crippen LogP contribution in [0.3, 0.4) is 0 Å². The van der Waals surface area contributed by atoms with Gasteiger partial charge in [-0.1, -0.05) is 64.0 Å². The van der Waals surface area contributed by atoms with Crippen molar-refractivity contribution in [2.75, 3.05) is 19.7 Å². The quantitative estimate of drug-likeness (QED) is 0.290. The van der Waals surface area contributed by atoms with Crippen LogP contribution in [0.1, 0.15) is 76.7 Å². The number of hydrogen-bond donors (Lipinski definition) is 2. The summed E-state index contributed by atoms with van der Waals surface area (Å²) in [4.78, 5) is 31.8. The summed E-state index contributed by atoms with van der Waals surface area (Å²) in [7, 11) is -4.51. The monoisotopic (exact) mass is 455 g/mol. The van der Waals surface area contributed by atoms with Gasteiger partial charge in [0, 0.05) is 19.5 Å². The zero-order chi connectivity index (χ0) is 22.5.